The van der Waals surface area contributed by atoms with Gasteiger partial charge in [-0.05, 0) is 0 Å². The molecule has 28 heavy (non-hydrogen) atoms. The normalized spacial score (nSPS) is 19.2. The number of hydrogen-bond donors (Lipinski definition) is 0. The Morgan fingerprint density at radius 2 is 1.14 bits per heavy atom. The first-order valence-electron chi connectivity index (χ1n) is 10.7. The minimum absolute atomic E-state index is 0.0343. The van der Waals surface area contributed by atoms with Gasteiger partial charge in [0.15, 0.2) is 0 Å². The van der Waals surface area contributed by atoms with E-state index in [1.165, 1.54) is 18.4 Å². The Labute approximate surface area is 177 Å². The second-order valence-corrected chi connectivity index (χ2v) is 11.6. The molecular formula is C23H33IO4. The first-order chi connectivity index (χ1) is 13.5. The van der Waals surface area contributed by atoms with Crippen LogP contribution in [0, 0.1) is 36.2 Å². The summed E-state index contributed by atoms with van der Waals surface area (Å²) in [5.74, 6) is -0.373. The molecule has 0 atom stereocenters. The zero-order valence-electron chi connectivity index (χ0n) is 17.4. The van der Waals surface area contributed by atoms with Crippen molar-refractivity contribution in [2.75, 3.05) is 0 Å². The zero-order chi connectivity index (χ0) is 20.1. The summed E-state index contributed by atoms with van der Waals surface area (Å²) in [5.41, 5.74) is 3.30. The molecule has 5 heteroatoms. The summed E-state index contributed by atoms with van der Waals surface area (Å²) in [6.07, 6.45) is 10.3. The Morgan fingerprint density at radius 1 is 0.750 bits per heavy atom. The minimum atomic E-state index is -2.87. The van der Waals surface area contributed by atoms with Crippen LogP contribution in [0.1, 0.15) is 80.9 Å². The van der Waals surface area contributed by atoms with E-state index in [-0.39, 0.29) is 23.8 Å². The zero-order valence-corrected chi connectivity index (χ0v) is 19.5. The van der Waals surface area contributed by atoms with Crippen LogP contribution in [0.4, 0.5) is 0 Å². The second-order valence-electron chi connectivity index (χ2n) is 8.39. The SMILES string of the molecule is Cc1cc(C)c(I(OC(=O)C2CCCCC2)OC(=O)C2CCCCC2)c(C)c1. The number of halogens is 1. The standard InChI is InChI=1S/C23H33IO4/c1-16-14-17(2)21(18(3)15-16)24(27-22(25)19-10-6-4-7-11-19)28-23(26)20-12-8-5-9-13-20/h14-15,19-20H,4-13H2,1-3H3. The fourth-order valence-corrected chi connectivity index (χ4v) is 8.18. The van der Waals surface area contributed by atoms with Gasteiger partial charge in [-0.25, -0.2) is 0 Å². The molecule has 0 saturated heterocycles. The van der Waals surface area contributed by atoms with Gasteiger partial charge < -0.3 is 0 Å². The molecule has 0 spiro atoms. The number of carbonyl (C=O) groups is 2. The van der Waals surface area contributed by atoms with E-state index in [4.69, 9.17) is 6.13 Å². The Balaban J connectivity index is 1.81. The molecule has 0 aromatic heterocycles. The monoisotopic (exact) mass is 500 g/mol. The molecule has 2 aliphatic rings. The number of carbonyl (C=O) groups excluding carboxylic acids is 2. The van der Waals surface area contributed by atoms with Crippen molar-refractivity contribution < 1.29 is 15.7 Å². The molecule has 0 heterocycles. The van der Waals surface area contributed by atoms with Crippen LogP contribution in [0.2, 0.25) is 0 Å². The molecule has 0 amide bonds. The maximum atomic E-state index is 12.9. The van der Waals surface area contributed by atoms with E-state index >= 15 is 0 Å². The van der Waals surface area contributed by atoms with E-state index in [1.807, 2.05) is 13.8 Å². The molecule has 0 aliphatic heterocycles. The quantitative estimate of drug-likeness (QED) is 0.442. The van der Waals surface area contributed by atoms with Gasteiger partial charge in [0.1, 0.15) is 0 Å². The molecule has 2 saturated carbocycles. The number of hydrogen-bond acceptors (Lipinski definition) is 4. The first-order valence-corrected chi connectivity index (χ1v) is 13.5. The van der Waals surface area contributed by atoms with Crippen molar-refractivity contribution in [3.63, 3.8) is 0 Å². The van der Waals surface area contributed by atoms with Crippen LogP contribution in [0.25, 0.3) is 0 Å². The average molecular weight is 500 g/mol. The van der Waals surface area contributed by atoms with Gasteiger partial charge in [0.05, 0.1) is 0 Å². The average Bonchev–Trinajstić information content (AvgIpc) is 2.68. The summed E-state index contributed by atoms with van der Waals surface area (Å²) < 4.78 is 13.0. The topological polar surface area (TPSA) is 52.6 Å². The van der Waals surface area contributed by atoms with Gasteiger partial charge >= 0.3 is 178 Å². The molecular weight excluding hydrogens is 467 g/mol. The molecule has 2 fully saturated rings. The second kappa shape index (κ2) is 10.1. The summed E-state index contributed by atoms with van der Waals surface area (Å²) in [6.45, 7) is 6.12. The predicted octanol–water partition coefficient (Wildman–Crippen LogP) is 6.36. The van der Waals surface area contributed by atoms with Crippen LogP contribution >= 0.6 is 20.6 Å². The van der Waals surface area contributed by atoms with Crippen molar-refractivity contribution in [2.45, 2.75) is 85.0 Å². The van der Waals surface area contributed by atoms with Gasteiger partial charge in [0.2, 0.25) is 0 Å². The molecule has 2 aliphatic carbocycles. The van der Waals surface area contributed by atoms with Crippen molar-refractivity contribution >= 4 is 32.6 Å². The first kappa shape index (κ1) is 21.6. The van der Waals surface area contributed by atoms with Crippen LogP contribution in [0.3, 0.4) is 0 Å². The molecule has 0 radical (unpaired) electrons. The summed E-state index contributed by atoms with van der Waals surface area (Å²) >= 11 is -2.87. The van der Waals surface area contributed by atoms with Gasteiger partial charge in [0, 0.05) is 0 Å². The van der Waals surface area contributed by atoms with Gasteiger partial charge in [-0.3, -0.25) is 0 Å². The maximum absolute atomic E-state index is 12.9. The third kappa shape index (κ3) is 5.49. The van der Waals surface area contributed by atoms with Crippen molar-refractivity contribution in [3.05, 3.63) is 32.4 Å². The Kier molecular flexibility index (Phi) is 7.77. The molecule has 1 aromatic carbocycles. The van der Waals surface area contributed by atoms with Gasteiger partial charge in [-0.2, -0.15) is 0 Å². The van der Waals surface area contributed by atoms with E-state index in [9.17, 15) is 9.59 Å². The number of aryl methyl sites for hydroxylation is 3. The summed E-state index contributed by atoms with van der Waals surface area (Å²) in [5, 5.41) is 0. The van der Waals surface area contributed by atoms with E-state index in [0.29, 0.717) is 0 Å². The van der Waals surface area contributed by atoms with Crippen LogP contribution in [0.5, 0.6) is 0 Å². The van der Waals surface area contributed by atoms with Crippen molar-refractivity contribution in [2.24, 2.45) is 11.8 Å². The molecule has 0 N–H and O–H groups in total. The predicted molar refractivity (Wildman–Crippen MR) is 119 cm³/mol. The Bertz CT molecular complexity index is 648. The van der Waals surface area contributed by atoms with E-state index in [2.05, 4.69) is 19.1 Å². The van der Waals surface area contributed by atoms with Gasteiger partial charge in [-0.1, -0.05) is 0 Å². The van der Waals surface area contributed by atoms with Crippen molar-refractivity contribution in [1.82, 2.24) is 0 Å². The Morgan fingerprint density at radius 3 is 1.54 bits per heavy atom. The van der Waals surface area contributed by atoms with E-state index < -0.39 is 20.6 Å². The van der Waals surface area contributed by atoms with Crippen LogP contribution in [-0.4, -0.2) is 11.9 Å². The number of benzene rings is 1. The Hall–Kier alpha value is -1.11. The third-order valence-corrected chi connectivity index (χ3v) is 10.2. The molecule has 1 aromatic rings. The number of rotatable bonds is 5. The molecule has 0 bridgehead atoms. The summed E-state index contributed by atoms with van der Waals surface area (Å²) in [7, 11) is 0. The summed E-state index contributed by atoms with van der Waals surface area (Å²) in [6, 6.07) is 4.19. The fraction of sp³-hybridized carbons (Fsp3) is 0.652. The third-order valence-electron chi connectivity index (χ3n) is 5.90. The van der Waals surface area contributed by atoms with Crippen molar-refractivity contribution in [1.29, 1.82) is 0 Å². The van der Waals surface area contributed by atoms with Crippen molar-refractivity contribution in [3.8, 4) is 0 Å². The molecule has 3 rings (SSSR count). The summed E-state index contributed by atoms with van der Waals surface area (Å²) in [4.78, 5) is 25.7. The van der Waals surface area contributed by atoms with E-state index in [1.54, 1.807) is 0 Å². The van der Waals surface area contributed by atoms with E-state index in [0.717, 1.165) is 66.1 Å². The van der Waals surface area contributed by atoms with Crippen LogP contribution in [0.15, 0.2) is 12.1 Å². The molecule has 0 unspecified atom stereocenters. The van der Waals surface area contributed by atoms with Gasteiger partial charge in [-0.15, -0.1) is 0 Å². The van der Waals surface area contributed by atoms with Crippen LogP contribution < -0.4 is 0 Å². The molecule has 4 nitrogen and oxygen atoms in total. The van der Waals surface area contributed by atoms with Crippen LogP contribution in [-0.2, 0) is 15.7 Å². The molecule has 156 valence electrons. The van der Waals surface area contributed by atoms with Gasteiger partial charge in [0.25, 0.3) is 0 Å². The fourth-order valence-electron chi connectivity index (χ4n) is 4.44.